The standard InChI is InChI=1S/C13H10.C8H10O.C7H9O2S.2ClH.Ti/c1-3-7-12(8-4-1)11-13-9-5-2-6-10-13;1-6-3-7(2)5-8(9)4-6;1-6(10(8)9)7-4-2-3-5-7;;;/h1-10H;3-5,9H,1-2H3;2-4,6H,5H2,1H3;2*1H;/q;;-1;;;+1. The van der Waals surface area contributed by atoms with Crippen molar-refractivity contribution in [2.75, 3.05) is 0 Å². The molecule has 4 rings (SSSR count). The molecule has 0 spiro atoms. The third-order valence-electron chi connectivity index (χ3n) is 4.94. The molecule has 0 aliphatic heterocycles. The summed E-state index contributed by atoms with van der Waals surface area (Å²) in [6, 6.07) is 26.5. The maximum atomic E-state index is 10.4. The third-order valence-corrected chi connectivity index (χ3v) is 6.72. The van der Waals surface area contributed by atoms with Gasteiger partial charge in [0.15, 0.2) is 0 Å². The molecule has 185 valence electrons. The van der Waals surface area contributed by atoms with Crippen LogP contribution in [-0.2, 0) is 39.1 Å². The molecule has 0 saturated heterocycles. The number of hydrogen-bond donors (Lipinski definition) is 1. The van der Waals surface area contributed by atoms with Crippen molar-refractivity contribution in [1.29, 1.82) is 0 Å². The van der Waals surface area contributed by atoms with E-state index in [1.54, 1.807) is 19.1 Å². The SMILES string of the molecule is CC(C1=CC=CC1)[S-](=O)=O.Cc1cc(C)cc(O)c1.Cl.Cl.[Ti+]=[C](c1ccccc1)c1ccccc1. The number of allylic oxidation sites excluding steroid dienone is 3. The van der Waals surface area contributed by atoms with Crippen molar-refractivity contribution in [3.8, 4) is 5.75 Å². The minimum atomic E-state index is -1.96. The fourth-order valence-electron chi connectivity index (χ4n) is 3.22. The van der Waals surface area contributed by atoms with Gasteiger partial charge in [-0.2, -0.15) is 0 Å². The van der Waals surface area contributed by atoms with Crippen LogP contribution in [0.1, 0.15) is 35.6 Å². The van der Waals surface area contributed by atoms with Gasteiger partial charge >= 0.3 is 95.6 Å². The molecule has 0 radical (unpaired) electrons. The number of benzene rings is 3. The van der Waals surface area contributed by atoms with Crippen molar-refractivity contribution in [2.45, 2.75) is 32.4 Å². The second-order valence-electron chi connectivity index (χ2n) is 7.73. The van der Waals surface area contributed by atoms with Gasteiger partial charge < -0.3 is 13.5 Å². The number of phenols is 1. The average molecular weight is 566 g/mol. The molecule has 3 aromatic carbocycles. The Morgan fingerprint density at radius 3 is 1.66 bits per heavy atom. The van der Waals surface area contributed by atoms with Crippen molar-refractivity contribution >= 4 is 39.3 Å². The predicted octanol–water partition coefficient (Wildman–Crippen LogP) is 7.23. The topological polar surface area (TPSA) is 54.4 Å². The summed E-state index contributed by atoms with van der Waals surface area (Å²) in [7, 11) is -1.96. The zero-order chi connectivity index (χ0) is 24.2. The molecule has 1 aliphatic rings. The Morgan fingerprint density at radius 1 is 0.857 bits per heavy atom. The molecule has 1 atom stereocenters. The van der Waals surface area contributed by atoms with Crippen LogP contribution in [0.25, 0.3) is 0 Å². The number of phenolic OH excluding ortho intramolecular Hbond substituents is 1. The molecule has 0 heterocycles. The number of aryl methyl sites for hydroxylation is 2. The zero-order valence-corrected chi connectivity index (χ0v) is 24.0. The zero-order valence-electron chi connectivity index (χ0n) is 20.0. The molecule has 0 saturated carbocycles. The molecule has 0 amide bonds. The van der Waals surface area contributed by atoms with Gasteiger partial charge in [-0.05, 0) is 48.8 Å². The first-order valence-corrected chi connectivity index (χ1v) is 12.6. The van der Waals surface area contributed by atoms with Gasteiger partial charge in [-0.1, -0.05) is 47.5 Å². The fraction of sp³-hybridized carbons (Fsp3) is 0.179. The molecule has 0 fully saturated rings. The summed E-state index contributed by atoms with van der Waals surface area (Å²) in [5.41, 5.74) is 5.77. The van der Waals surface area contributed by atoms with Gasteiger partial charge in [0.25, 0.3) is 0 Å². The van der Waals surface area contributed by atoms with Gasteiger partial charge in [-0.15, -0.1) is 24.8 Å². The molecule has 7 heteroatoms. The summed E-state index contributed by atoms with van der Waals surface area (Å²) in [4.78, 5) is 0. The molecular weight excluding hydrogens is 535 g/mol. The maximum absolute atomic E-state index is 10.4. The van der Waals surface area contributed by atoms with Crippen LogP contribution in [0.4, 0.5) is 0 Å². The van der Waals surface area contributed by atoms with Crippen molar-refractivity contribution in [3.05, 3.63) is 125 Å². The Bertz CT molecular complexity index is 1090. The molecule has 0 aromatic heterocycles. The average Bonchev–Trinajstić information content (AvgIpc) is 3.34. The summed E-state index contributed by atoms with van der Waals surface area (Å²) in [5.74, 6) is 0.354. The van der Waals surface area contributed by atoms with Crippen molar-refractivity contribution in [3.63, 3.8) is 0 Å². The van der Waals surface area contributed by atoms with Gasteiger partial charge in [0.1, 0.15) is 5.75 Å². The quantitative estimate of drug-likeness (QED) is 0.268. The minimum absolute atomic E-state index is 0. The van der Waals surface area contributed by atoms with E-state index in [2.05, 4.69) is 68.5 Å². The molecular formula is C28H31Cl2O3STi. The predicted molar refractivity (Wildman–Crippen MR) is 148 cm³/mol. The van der Waals surface area contributed by atoms with Gasteiger partial charge in [-0.3, -0.25) is 0 Å². The monoisotopic (exact) mass is 565 g/mol. The first-order valence-electron chi connectivity index (χ1n) is 10.7. The molecule has 1 N–H and O–H groups in total. The van der Waals surface area contributed by atoms with E-state index in [0.29, 0.717) is 5.75 Å². The number of hydrogen-bond acceptors (Lipinski definition) is 4. The number of halogens is 2. The van der Waals surface area contributed by atoms with E-state index >= 15 is 0 Å². The molecule has 1 unspecified atom stereocenters. The first-order chi connectivity index (χ1) is 15.8. The summed E-state index contributed by atoms with van der Waals surface area (Å²) < 4.78 is 22.2. The van der Waals surface area contributed by atoms with Gasteiger partial charge in [0.05, 0.1) is 0 Å². The normalized spacial score (nSPS) is 12.0. The molecule has 35 heavy (non-hydrogen) atoms. The Morgan fingerprint density at radius 2 is 1.31 bits per heavy atom. The van der Waals surface area contributed by atoms with Crippen LogP contribution in [0.15, 0.2) is 103 Å². The second kappa shape index (κ2) is 17.5. The summed E-state index contributed by atoms with van der Waals surface area (Å²) in [5, 5.41) is 8.67. The Hall–Kier alpha value is -1.95. The number of aromatic hydroxyl groups is 1. The summed E-state index contributed by atoms with van der Waals surface area (Å²) >= 11 is 2.16. The van der Waals surface area contributed by atoms with Gasteiger partial charge in [0.2, 0.25) is 0 Å². The van der Waals surface area contributed by atoms with Crippen LogP contribution in [-0.4, -0.2) is 14.2 Å². The van der Waals surface area contributed by atoms with E-state index in [9.17, 15) is 8.42 Å². The van der Waals surface area contributed by atoms with Crippen LogP contribution in [0.2, 0.25) is 0 Å². The second-order valence-corrected chi connectivity index (χ2v) is 9.74. The summed E-state index contributed by atoms with van der Waals surface area (Å²) in [6.45, 7) is 5.63. The van der Waals surface area contributed by atoms with E-state index in [1.807, 2.05) is 50.3 Å². The van der Waals surface area contributed by atoms with Crippen LogP contribution < -0.4 is 0 Å². The van der Waals surface area contributed by atoms with E-state index in [1.165, 1.54) is 14.9 Å². The van der Waals surface area contributed by atoms with E-state index in [0.717, 1.165) is 23.1 Å². The van der Waals surface area contributed by atoms with E-state index in [-0.39, 0.29) is 30.1 Å². The van der Waals surface area contributed by atoms with E-state index in [4.69, 9.17) is 5.11 Å². The van der Waals surface area contributed by atoms with Crippen LogP contribution in [0, 0.1) is 13.8 Å². The Labute approximate surface area is 234 Å². The van der Waals surface area contributed by atoms with Crippen molar-refractivity contribution < 1.29 is 33.5 Å². The molecule has 3 nitrogen and oxygen atoms in total. The number of rotatable bonds is 4. The van der Waals surface area contributed by atoms with E-state index < -0.39 is 10.7 Å². The summed E-state index contributed by atoms with van der Waals surface area (Å²) in [6.07, 6.45) is 6.49. The van der Waals surface area contributed by atoms with Crippen LogP contribution in [0.3, 0.4) is 0 Å². The fourth-order valence-corrected chi connectivity index (χ4v) is 4.16. The van der Waals surface area contributed by atoms with Gasteiger partial charge in [-0.25, -0.2) is 0 Å². The third kappa shape index (κ3) is 12.0. The first kappa shape index (κ1) is 33.1. The molecule has 1 aliphatic carbocycles. The van der Waals surface area contributed by atoms with Gasteiger partial charge in [0, 0.05) is 0 Å². The van der Waals surface area contributed by atoms with Crippen molar-refractivity contribution in [2.24, 2.45) is 0 Å². The molecule has 0 bridgehead atoms. The van der Waals surface area contributed by atoms with Crippen LogP contribution in [0.5, 0.6) is 5.75 Å². The Kier molecular flexibility index (Phi) is 16.5. The van der Waals surface area contributed by atoms with Crippen molar-refractivity contribution in [1.82, 2.24) is 0 Å². The Balaban J connectivity index is 0.000000497. The molecule has 3 aromatic rings. The van der Waals surface area contributed by atoms with Crippen LogP contribution >= 0.6 is 24.8 Å².